The molecule has 2 N–H and O–H groups in total. The predicted molar refractivity (Wildman–Crippen MR) is 86.0 cm³/mol. The second-order valence-corrected chi connectivity index (χ2v) is 6.59. The number of carbonyl (C=O) groups is 1. The molecule has 2 atom stereocenters. The lowest BCUT2D eigenvalue weighted by Gasteiger charge is -2.35. The monoisotopic (exact) mass is 339 g/mol. The van der Waals surface area contributed by atoms with Gasteiger partial charge in [-0.05, 0) is 44.5 Å². The van der Waals surface area contributed by atoms with E-state index >= 15 is 0 Å². The zero-order valence-electron chi connectivity index (χ0n) is 12.2. The number of amides is 1. The van der Waals surface area contributed by atoms with Crippen LogP contribution in [0.2, 0.25) is 0 Å². The van der Waals surface area contributed by atoms with Gasteiger partial charge in [-0.1, -0.05) is 15.9 Å². The summed E-state index contributed by atoms with van der Waals surface area (Å²) in [5.41, 5.74) is 1.95. The summed E-state index contributed by atoms with van der Waals surface area (Å²) < 4.78 is 1.03. The maximum atomic E-state index is 12.1. The first-order valence-electron chi connectivity index (χ1n) is 6.98. The third-order valence-electron chi connectivity index (χ3n) is 3.46. The average molecular weight is 340 g/mol. The fourth-order valence-corrected chi connectivity index (χ4v) is 3.21. The number of nitrogens with one attached hydrogen (secondary N) is 2. The normalized spacial score (nSPS) is 23.6. The highest BCUT2D eigenvalue weighted by molar-refractivity contribution is 9.10. The third kappa shape index (κ3) is 4.30. The summed E-state index contributed by atoms with van der Waals surface area (Å²) in [5, 5.41) is 6.46. The molecule has 20 heavy (non-hydrogen) atoms. The van der Waals surface area contributed by atoms with E-state index in [9.17, 15) is 4.79 Å². The first-order chi connectivity index (χ1) is 9.44. The maximum absolute atomic E-state index is 12.1. The van der Waals surface area contributed by atoms with E-state index in [-0.39, 0.29) is 5.91 Å². The van der Waals surface area contributed by atoms with Gasteiger partial charge < -0.3 is 10.6 Å². The summed E-state index contributed by atoms with van der Waals surface area (Å²) >= 11 is 3.43. The van der Waals surface area contributed by atoms with Crippen molar-refractivity contribution >= 4 is 27.5 Å². The standard InChI is InChI=1S/C15H22BrN3O/c1-10-6-13(16)4-5-14(10)18-15(20)9-19-7-11(2)17-12(3)8-19/h4-6,11-12,17H,7-9H2,1-3H3,(H,18,20). The van der Waals surface area contributed by atoms with Gasteiger partial charge >= 0.3 is 0 Å². The Balaban J connectivity index is 1.92. The molecule has 1 saturated heterocycles. The van der Waals surface area contributed by atoms with Crippen molar-refractivity contribution in [2.45, 2.75) is 32.9 Å². The minimum atomic E-state index is 0.0525. The van der Waals surface area contributed by atoms with E-state index in [0.29, 0.717) is 18.6 Å². The van der Waals surface area contributed by atoms with Gasteiger partial charge in [0.2, 0.25) is 5.91 Å². The molecule has 5 heteroatoms. The third-order valence-corrected chi connectivity index (χ3v) is 3.96. The van der Waals surface area contributed by atoms with Crippen LogP contribution >= 0.6 is 15.9 Å². The quantitative estimate of drug-likeness (QED) is 0.888. The molecule has 1 heterocycles. The van der Waals surface area contributed by atoms with Gasteiger partial charge in [0.1, 0.15) is 0 Å². The molecule has 0 aromatic heterocycles. The molecule has 110 valence electrons. The number of halogens is 1. The van der Waals surface area contributed by atoms with Crippen LogP contribution in [0, 0.1) is 6.92 Å². The highest BCUT2D eigenvalue weighted by atomic mass is 79.9. The Morgan fingerprint density at radius 2 is 2.05 bits per heavy atom. The minimum Gasteiger partial charge on any atom is -0.325 e. The average Bonchev–Trinajstić information content (AvgIpc) is 2.31. The number of benzene rings is 1. The molecule has 0 bridgehead atoms. The Hall–Kier alpha value is -0.910. The van der Waals surface area contributed by atoms with Crippen LogP contribution in [-0.4, -0.2) is 42.5 Å². The number of hydrogen-bond donors (Lipinski definition) is 2. The Kier molecular flexibility index (Phi) is 5.18. The SMILES string of the molecule is Cc1cc(Br)ccc1NC(=O)CN1CC(C)NC(C)C1. The molecule has 1 amide bonds. The Morgan fingerprint density at radius 3 is 2.65 bits per heavy atom. The molecule has 0 aliphatic carbocycles. The molecule has 0 spiro atoms. The van der Waals surface area contributed by atoms with Crippen molar-refractivity contribution in [2.75, 3.05) is 25.0 Å². The number of nitrogens with zero attached hydrogens (tertiary/aromatic N) is 1. The van der Waals surface area contributed by atoms with Crippen molar-refractivity contribution in [1.29, 1.82) is 0 Å². The number of piperazine rings is 1. The summed E-state index contributed by atoms with van der Waals surface area (Å²) in [6.45, 7) is 8.58. The number of rotatable bonds is 3. The largest absolute Gasteiger partial charge is 0.325 e. The van der Waals surface area contributed by atoms with Gasteiger partial charge in [-0.3, -0.25) is 9.69 Å². The summed E-state index contributed by atoms with van der Waals surface area (Å²) in [5.74, 6) is 0.0525. The molecule has 1 fully saturated rings. The maximum Gasteiger partial charge on any atom is 0.238 e. The molecule has 1 aromatic carbocycles. The van der Waals surface area contributed by atoms with E-state index in [1.54, 1.807) is 0 Å². The fourth-order valence-electron chi connectivity index (χ4n) is 2.73. The second kappa shape index (κ2) is 6.70. The van der Waals surface area contributed by atoms with E-state index in [4.69, 9.17) is 0 Å². The second-order valence-electron chi connectivity index (χ2n) is 5.67. The molecule has 1 aliphatic heterocycles. The van der Waals surface area contributed by atoms with Gasteiger partial charge in [0.25, 0.3) is 0 Å². The Labute approximate surface area is 129 Å². The van der Waals surface area contributed by atoms with Crippen LogP contribution < -0.4 is 10.6 Å². The Morgan fingerprint density at radius 1 is 1.40 bits per heavy atom. The highest BCUT2D eigenvalue weighted by Gasteiger charge is 2.22. The van der Waals surface area contributed by atoms with Gasteiger partial charge in [-0.2, -0.15) is 0 Å². The minimum absolute atomic E-state index is 0.0525. The first kappa shape index (κ1) is 15.5. The molecule has 0 saturated carbocycles. The number of aryl methyl sites for hydroxylation is 1. The summed E-state index contributed by atoms with van der Waals surface area (Å²) in [6, 6.07) is 6.74. The van der Waals surface area contributed by atoms with E-state index in [0.717, 1.165) is 28.8 Å². The van der Waals surface area contributed by atoms with Gasteiger partial charge in [-0.15, -0.1) is 0 Å². The van der Waals surface area contributed by atoms with Crippen LogP contribution in [0.15, 0.2) is 22.7 Å². The van der Waals surface area contributed by atoms with Gasteiger partial charge in [-0.25, -0.2) is 0 Å². The van der Waals surface area contributed by atoms with Crippen molar-refractivity contribution in [3.8, 4) is 0 Å². The zero-order valence-corrected chi connectivity index (χ0v) is 13.8. The van der Waals surface area contributed by atoms with Gasteiger partial charge in [0, 0.05) is 35.3 Å². The Bertz CT molecular complexity index is 482. The van der Waals surface area contributed by atoms with Crippen LogP contribution in [-0.2, 0) is 4.79 Å². The zero-order chi connectivity index (χ0) is 14.7. The van der Waals surface area contributed by atoms with Crippen LogP contribution in [0.25, 0.3) is 0 Å². The van der Waals surface area contributed by atoms with Crippen molar-refractivity contribution in [3.05, 3.63) is 28.2 Å². The van der Waals surface area contributed by atoms with Crippen molar-refractivity contribution in [1.82, 2.24) is 10.2 Å². The lowest BCUT2D eigenvalue weighted by molar-refractivity contribution is -0.117. The first-order valence-corrected chi connectivity index (χ1v) is 7.77. The molecular formula is C15H22BrN3O. The molecule has 1 aliphatic rings. The van der Waals surface area contributed by atoms with Crippen LogP contribution in [0.5, 0.6) is 0 Å². The lowest BCUT2D eigenvalue weighted by atomic mass is 10.1. The summed E-state index contributed by atoms with van der Waals surface area (Å²) in [4.78, 5) is 14.3. The number of hydrogen-bond acceptors (Lipinski definition) is 3. The number of carbonyl (C=O) groups excluding carboxylic acids is 1. The van der Waals surface area contributed by atoms with Gasteiger partial charge in [0.05, 0.1) is 6.54 Å². The number of anilines is 1. The molecule has 2 unspecified atom stereocenters. The molecule has 1 aromatic rings. The van der Waals surface area contributed by atoms with E-state index < -0.39 is 0 Å². The van der Waals surface area contributed by atoms with Crippen LogP contribution in [0.4, 0.5) is 5.69 Å². The fraction of sp³-hybridized carbons (Fsp3) is 0.533. The highest BCUT2D eigenvalue weighted by Crippen LogP contribution is 2.20. The van der Waals surface area contributed by atoms with E-state index in [1.807, 2.05) is 25.1 Å². The van der Waals surface area contributed by atoms with Crippen molar-refractivity contribution < 1.29 is 4.79 Å². The van der Waals surface area contributed by atoms with E-state index in [2.05, 4.69) is 45.3 Å². The van der Waals surface area contributed by atoms with Gasteiger partial charge in [0.15, 0.2) is 0 Å². The van der Waals surface area contributed by atoms with Crippen LogP contribution in [0.1, 0.15) is 19.4 Å². The molecule has 0 radical (unpaired) electrons. The lowest BCUT2D eigenvalue weighted by Crippen LogP contribution is -2.55. The van der Waals surface area contributed by atoms with Crippen molar-refractivity contribution in [2.24, 2.45) is 0 Å². The molecule has 2 rings (SSSR count). The summed E-state index contributed by atoms with van der Waals surface area (Å²) in [6.07, 6.45) is 0. The topological polar surface area (TPSA) is 44.4 Å². The molecule has 4 nitrogen and oxygen atoms in total. The molecular weight excluding hydrogens is 318 g/mol. The van der Waals surface area contributed by atoms with Crippen LogP contribution in [0.3, 0.4) is 0 Å². The smallest absolute Gasteiger partial charge is 0.238 e. The van der Waals surface area contributed by atoms with E-state index in [1.165, 1.54) is 0 Å². The predicted octanol–water partition coefficient (Wildman–Crippen LogP) is 2.38. The summed E-state index contributed by atoms with van der Waals surface area (Å²) in [7, 11) is 0. The van der Waals surface area contributed by atoms with Crippen molar-refractivity contribution in [3.63, 3.8) is 0 Å².